The third-order valence-electron chi connectivity index (χ3n) is 2.37. The second kappa shape index (κ2) is 5.72. The summed E-state index contributed by atoms with van der Waals surface area (Å²) in [6.45, 7) is 0. The van der Waals surface area contributed by atoms with E-state index in [2.05, 4.69) is 20.6 Å². The summed E-state index contributed by atoms with van der Waals surface area (Å²) in [5.74, 6) is -0.318. The Labute approximate surface area is 109 Å². The first-order valence-electron chi connectivity index (χ1n) is 5.61. The van der Waals surface area contributed by atoms with Crippen molar-refractivity contribution < 1.29 is 9.59 Å². The van der Waals surface area contributed by atoms with Gasteiger partial charge in [0.05, 0.1) is 5.56 Å². The van der Waals surface area contributed by atoms with E-state index in [1.165, 1.54) is 13.2 Å². The van der Waals surface area contributed by atoms with Gasteiger partial charge in [0.25, 0.3) is 11.8 Å². The molecule has 2 N–H and O–H groups in total. The number of nitrogens with one attached hydrogen (secondary N) is 2. The maximum absolute atomic E-state index is 11.9. The number of anilines is 1. The summed E-state index contributed by atoms with van der Waals surface area (Å²) >= 11 is 0. The highest BCUT2D eigenvalue weighted by Crippen LogP contribution is 2.07. The van der Waals surface area contributed by atoms with Crippen molar-refractivity contribution in [1.82, 2.24) is 15.3 Å². The maximum atomic E-state index is 11.9. The predicted molar refractivity (Wildman–Crippen MR) is 69.8 cm³/mol. The van der Waals surface area contributed by atoms with E-state index in [1.54, 1.807) is 36.5 Å². The summed E-state index contributed by atoms with van der Waals surface area (Å²) in [5, 5.41) is 5.08. The van der Waals surface area contributed by atoms with Gasteiger partial charge in [-0.25, -0.2) is 4.98 Å². The molecule has 0 aromatic carbocycles. The average molecular weight is 256 g/mol. The van der Waals surface area contributed by atoms with Crippen molar-refractivity contribution in [2.45, 2.75) is 0 Å². The minimum atomic E-state index is -0.324. The minimum absolute atomic E-state index is 0.242. The van der Waals surface area contributed by atoms with Gasteiger partial charge in [-0.1, -0.05) is 6.07 Å². The molecule has 0 aliphatic heterocycles. The molecule has 0 atom stereocenters. The molecule has 0 radical (unpaired) electrons. The molecule has 2 heterocycles. The van der Waals surface area contributed by atoms with Crippen molar-refractivity contribution >= 4 is 17.6 Å². The van der Waals surface area contributed by atoms with Gasteiger partial charge in [0.15, 0.2) is 0 Å². The first-order chi connectivity index (χ1) is 9.20. The molecular formula is C13H12N4O2. The van der Waals surface area contributed by atoms with Crippen molar-refractivity contribution in [3.63, 3.8) is 0 Å². The van der Waals surface area contributed by atoms with E-state index in [1.807, 2.05) is 0 Å². The minimum Gasteiger partial charge on any atom is -0.354 e. The number of hydrogen-bond acceptors (Lipinski definition) is 4. The van der Waals surface area contributed by atoms with Crippen molar-refractivity contribution in [3.05, 3.63) is 54.0 Å². The molecule has 2 aromatic heterocycles. The summed E-state index contributed by atoms with van der Waals surface area (Å²) in [6, 6.07) is 8.14. The molecule has 96 valence electrons. The van der Waals surface area contributed by atoms with Crippen LogP contribution in [0.2, 0.25) is 0 Å². The van der Waals surface area contributed by atoms with Crippen LogP contribution in [0.25, 0.3) is 0 Å². The molecule has 19 heavy (non-hydrogen) atoms. The lowest BCUT2D eigenvalue weighted by Crippen LogP contribution is -2.20. The number of hydrogen-bond donors (Lipinski definition) is 2. The Hall–Kier alpha value is -2.76. The third-order valence-corrected chi connectivity index (χ3v) is 2.37. The van der Waals surface area contributed by atoms with Crippen LogP contribution in [-0.4, -0.2) is 28.8 Å². The molecule has 2 amide bonds. The SMILES string of the molecule is CNC(=O)c1cccc(NC(=O)c2cccnc2)n1. The van der Waals surface area contributed by atoms with Crippen LogP contribution in [0.3, 0.4) is 0 Å². The summed E-state index contributed by atoms with van der Waals surface area (Å²) < 4.78 is 0. The van der Waals surface area contributed by atoms with Gasteiger partial charge < -0.3 is 10.6 Å². The Morgan fingerprint density at radius 3 is 2.63 bits per heavy atom. The number of aromatic nitrogens is 2. The van der Waals surface area contributed by atoms with Gasteiger partial charge in [0.1, 0.15) is 11.5 Å². The van der Waals surface area contributed by atoms with E-state index in [4.69, 9.17) is 0 Å². The van der Waals surface area contributed by atoms with Crippen LogP contribution >= 0.6 is 0 Å². The normalized spacial score (nSPS) is 9.74. The van der Waals surface area contributed by atoms with Gasteiger partial charge in [0, 0.05) is 19.4 Å². The lowest BCUT2D eigenvalue weighted by molar-refractivity contribution is 0.0956. The fourth-order valence-electron chi connectivity index (χ4n) is 1.44. The Morgan fingerprint density at radius 1 is 1.11 bits per heavy atom. The number of rotatable bonds is 3. The van der Waals surface area contributed by atoms with Crippen molar-refractivity contribution in [2.24, 2.45) is 0 Å². The smallest absolute Gasteiger partial charge is 0.269 e. The van der Waals surface area contributed by atoms with Crippen LogP contribution in [0.15, 0.2) is 42.7 Å². The van der Waals surface area contributed by atoms with Crippen LogP contribution < -0.4 is 10.6 Å². The summed E-state index contributed by atoms with van der Waals surface area (Å²) in [4.78, 5) is 31.2. The Balaban J connectivity index is 2.16. The highest BCUT2D eigenvalue weighted by Gasteiger charge is 2.09. The number of carbonyl (C=O) groups is 2. The number of pyridine rings is 2. The lowest BCUT2D eigenvalue weighted by atomic mass is 10.2. The van der Waals surface area contributed by atoms with Crippen LogP contribution in [0, 0.1) is 0 Å². The summed E-state index contributed by atoms with van der Waals surface area (Å²) in [7, 11) is 1.52. The van der Waals surface area contributed by atoms with Crippen molar-refractivity contribution in [2.75, 3.05) is 12.4 Å². The summed E-state index contributed by atoms with van der Waals surface area (Å²) in [5.41, 5.74) is 0.668. The lowest BCUT2D eigenvalue weighted by Gasteiger charge is -2.05. The second-order valence-corrected chi connectivity index (χ2v) is 3.68. The molecule has 0 saturated heterocycles. The third kappa shape index (κ3) is 3.12. The molecule has 2 rings (SSSR count). The molecular weight excluding hydrogens is 244 g/mol. The summed E-state index contributed by atoms with van der Waals surface area (Å²) in [6.07, 6.45) is 3.04. The average Bonchev–Trinajstić information content (AvgIpc) is 2.47. The zero-order valence-corrected chi connectivity index (χ0v) is 10.3. The number of amides is 2. The van der Waals surface area contributed by atoms with Crippen LogP contribution in [0.5, 0.6) is 0 Å². The molecule has 0 aliphatic rings. The molecule has 0 spiro atoms. The van der Waals surface area contributed by atoms with Crippen molar-refractivity contribution in [3.8, 4) is 0 Å². The van der Waals surface area contributed by atoms with Crippen molar-refractivity contribution in [1.29, 1.82) is 0 Å². The molecule has 0 unspecified atom stereocenters. The van der Waals surface area contributed by atoms with Crippen LogP contribution in [0.1, 0.15) is 20.8 Å². The van der Waals surface area contributed by atoms with Gasteiger partial charge in [-0.2, -0.15) is 0 Å². The predicted octanol–water partition coefficient (Wildman–Crippen LogP) is 1.09. The Kier molecular flexibility index (Phi) is 3.82. The zero-order valence-electron chi connectivity index (χ0n) is 10.3. The second-order valence-electron chi connectivity index (χ2n) is 3.68. The van der Waals surface area contributed by atoms with E-state index >= 15 is 0 Å². The molecule has 0 aliphatic carbocycles. The maximum Gasteiger partial charge on any atom is 0.269 e. The fraction of sp³-hybridized carbons (Fsp3) is 0.0769. The molecule has 2 aromatic rings. The Morgan fingerprint density at radius 2 is 1.95 bits per heavy atom. The number of nitrogens with zero attached hydrogens (tertiary/aromatic N) is 2. The topological polar surface area (TPSA) is 84.0 Å². The van der Waals surface area contributed by atoms with Gasteiger partial charge in [-0.3, -0.25) is 14.6 Å². The molecule has 0 bridgehead atoms. The quantitative estimate of drug-likeness (QED) is 0.861. The van der Waals surface area contributed by atoms with Gasteiger partial charge >= 0.3 is 0 Å². The zero-order chi connectivity index (χ0) is 13.7. The molecule has 0 fully saturated rings. The largest absolute Gasteiger partial charge is 0.354 e. The molecule has 0 saturated carbocycles. The molecule has 6 heteroatoms. The van der Waals surface area contributed by atoms with E-state index in [0.717, 1.165) is 0 Å². The van der Waals surface area contributed by atoms with Gasteiger partial charge in [0.2, 0.25) is 0 Å². The monoisotopic (exact) mass is 256 g/mol. The first kappa shape index (κ1) is 12.7. The fourth-order valence-corrected chi connectivity index (χ4v) is 1.44. The Bertz CT molecular complexity index is 599. The molecule has 6 nitrogen and oxygen atoms in total. The highest BCUT2D eigenvalue weighted by molar-refractivity contribution is 6.03. The van der Waals surface area contributed by atoms with E-state index in [9.17, 15) is 9.59 Å². The number of carbonyl (C=O) groups excluding carboxylic acids is 2. The van der Waals surface area contributed by atoms with E-state index in [0.29, 0.717) is 11.4 Å². The first-order valence-corrected chi connectivity index (χ1v) is 5.61. The van der Waals surface area contributed by atoms with Gasteiger partial charge in [-0.15, -0.1) is 0 Å². The van der Waals surface area contributed by atoms with Crippen LogP contribution in [0.4, 0.5) is 5.82 Å². The van der Waals surface area contributed by atoms with Gasteiger partial charge in [-0.05, 0) is 24.3 Å². The van der Waals surface area contributed by atoms with Crippen LogP contribution in [-0.2, 0) is 0 Å². The standard InChI is InChI=1S/C13H12N4O2/c1-14-13(19)10-5-2-6-11(16-10)17-12(18)9-4-3-7-15-8-9/h2-8H,1H3,(H,14,19)(H,16,17,18). The van der Waals surface area contributed by atoms with E-state index in [-0.39, 0.29) is 17.5 Å². The highest BCUT2D eigenvalue weighted by atomic mass is 16.2. The van der Waals surface area contributed by atoms with E-state index < -0.39 is 0 Å².